The zero-order valence-electron chi connectivity index (χ0n) is 12.2. The van der Waals surface area contributed by atoms with E-state index < -0.39 is 0 Å². The van der Waals surface area contributed by atoms with Crippen LogP contribution in [-0.2, 0) is 9.53 Å². The molecule has 0 bridgehead atoms. The summed E-state index contributed by atoms with van der Waals surface area (Å²) in [5, 5.41) is 0. The summed E-state index contributed by atoms with van der Waals surface area (Å²) in [6.45, 7) is 5.19. The second-order valence-corrected chi connectivity index (χ2v) is 5.00. The summed E-state index contributed by atoms with van der Waals surface area (Å²) >= 11 is 0. The number of ether oxygens (including phenoxy) is 3. The van der Waals surface area contributed by atoms with Crippen molar-refractivity contribution in [1.29, 1.82) is 0 Å². The van der Waals surface area contributed by atoms with E-state index >= 15 is 0 Å². The second-order valence-electron chi connectivity index (χ2n) is 5.00. The van der Waals surface area contributed by atoms with Gasteiger partial charge >= 0.3 is 0 Å². The molecule has 0 N–H and O–H groups in total. The Morgan fingerprint density at radius 1 is 1.30 bits per heavy atom. The Labute approximate surface area is 119 Å². The van der Waals surface area contributed by atoms with Crippen LogP contribution in [0, 0.1) is 0 Å². The van der Waals surface area contributed by atoms with Crippen LogP contribution in [0.1, 0.15) is 13.8 Å². The van der Waals surface area contributed by atoms with Gasteiger partial charge in [0.15, 0.2) is 6.61 Å². The van der Waals surface area contributed by atoms with Crippen molar-refractivity contribution in [3.8, 4) is 11.5 Å². The summed E-state index contributed by atoms with van der Waals surface area (Å²) in [5.74, 6) is 1.41. The van der Waals surface area contributed by atoms with Crippen molar-refractivity contribution in [2.24, 2.45) is 0 Å². The van der Waals surface area contributed by atoms with Crippen LogP contribution in [-0.4, -0.2) is 49.8 Å². The molecule has 1 aliphatic rings. The Morgan fingerprint density at radius 3 is 2.60 bits per heavy atom. The fourth-order valence-electron chi connectivity index (χ4n) is 2.15. The van der Waals surface area contributed by atoms with Gasteiger partial charge in [-0.25, -0.2) is 0 Å². The predicted octanol–water partition coefficient (Wildman–Crippen LogP) is 1.71. The van der Waals surface area contributed by atoms with Gasteiger partial charge < -0.3 is 19.1 Å². The summed E-state index contributed by atoms with van der Waals surface area (Å²) in [7, 11) is 1.61. The highest BCUT2D eigenvalue weighted by Gasteiger charge is 2.27. The van der Waals surface area contributed by atoms with E-state index in [2.05, 4.69) is 0 Å². The molecule has 1 fully saturated rings. The molecule has 1 aliphatic heterocycles. The number of hydrogen-bond acceptors (Lipinski definition) is 4. The summed E-state index contributed by atoms with van der Waals surface area (Å²) in [6.07, 6.45) is 0.0798. The molecule has 5 heteroatoms. The molecule has 2 atom stereocenters. The highest BCUT2D eigenvalue weighted by molar-refractivity contribution is 5.78. The van der Waals surface area contributed by atoms with Crippen LogP contribution in [0.15, 0.2) is 24.3 Å². The van der Waals surface area contributed by atoms with Gasteiger partial charge in [0, 0.05) is 6.54 Å². The SMILES string of the molecule is COc1ccc(OCC(=O)N2CC(C)OCC2C)cc1. The Kier molecular flexibility index (Phi) is 4.84. The lowest BCUT2D eigenvalue weighted by Crippen LogP contribution is -2.51. The molecule has 1 aromatic rings. The van der Waals surface area contributed by atoms with E-state index in [-0.39, 0.29) is 24.7 Å². The molecular formula is C15H21NO4. The van der Waals surface area contributed by atoms with Crippen LogP contribution in [0.3, 0.4) is 0 Å². The number of rotatable bonds is 4. The average molecular weight is 279 g/mol. The van der Waals surface area contributed by atoms with E-state index in [1.807, 2.05) is 18.7 Å². The average Bonchev–Trinajstić information content (AvgIpc) is 2.47. The van der Waals surface area contributed by atoms with Crippen LogP contribution < -0.4 is 9.47 Å². The van der Waals surface area contributed by atoms with E-state index in [0.29, 0.717) is 18.9 Å². The Balaban J connectivity index is 1.87. The first kappa shape index (κ1) is 14.7. The predicted molar refractivity (Wildman–Crippen MR) is 75.1 cm³/mol. The standard InChI is InChI=1S/C15H21NO4/c1-11-9-19-12(2)8-16(11)15(17)10-20-14-6-4-13(18-3)5-7-14/h4-7,11-12H,8-10H2,1-3H3. The van der Waals surface area contributed by atoms with Crippen LogP contribution >= 0.6 is 0 Å². The molecule has 5 nitrogen and oxygen atoms in total. The van der Waals surface area contributed by atoms with Crippen LogP contribution in [0.4, 0.5) is 0 Å². The lowest BCUT2D eigenvalue weighted by atomic mass is 10.2. The number of carbonyl (C=O) groups is 1. The van der Waals surface area contributed by atoms with E-state index in [4.69, 9.17) is 14.2 Å². The third kappa shape index (κ3) is 3.63. The molecule has 2 rings (SSSR count). The number of carbonyl (C=O) groups excluding carboxylic acids is 1. The smallest absolute Gasteiger partial charge is 0.260 e. The fourth-order valence-corrected chi connectivity index (χ4v) is 2.15. The fraction of sp³-hybridized carbons (Fsp3) is 0.533. The van der Waals surface area contributed by atoms with Gasteiger partial charge in [0.05, 0.1) is 25.9 Å². The molecule has 2 unspecified atom stereocenters. The Morgan fingerprint density at radius 2 is 1.95 bits per heavy atom. The van der Waals surface area contributed by atoms with Crippen molar-refractivity contribution in [1.82, 2.24) is 4.90 Å². The summed E-state index contributed by atoms with van der Waals surface area (Å²) < 4.78 is 16.1. The van der Waals surface area contributed by atoms with E-state index in [1.165, 1.54) is 0 Å². The number of hydrogen-bond donors (Lipinski definition) is 0. The van der Waals surface area contributed by atoms with Gasteiger partial charge in [0.2, 0.25) is 0 Å². The van der Waals surface area contributed by atoms with Gasteiger partial charge in [0.25, 0.3) is 5.91 Å². The van der Waals surface area contributed by atoms with Gasteiger partial charge in [-0.05, 0) is 38.1 Å². The summed E-state index contributed by atoms with van der Waals surface area (Å²) in [5.41, 5.74) is 0. The van der Waals surface area contributed by atoms with Gasteiger partial charge in [-0.2, -0.15) is 0 Å². The molecule has 1 saturated heterocycles. The number of morpholine rings is 1. The lowest BCUT2D eigenvalue weighted by molar-refractivity contribution is -0.145. The number of amides is 1. The van der Waals surface area contributed by atoms with Crippen molar-refractivity contribution >= 4 is 5.91 Å². The Hall–Kier alpha value is -1.75. The Bertz CT molecular complexity index is 446. The third-order valence-electron chi connectivity index (χ3n) is 3.35. The quantitative estimate of drug-likeness (QED) is 0.842. The molecule has 0 spiro atoms. The largest absolute Gasteiger partial charge is 0.497 e. The van der Waals surface area contributed by atoms with E-state index in [0.717, 1.165) is 5.75 Å². The van der Waals surface area contributed by atoms with Gasteiger partial charge in [-0.3, -0.25) is 4.79 Å². The number of benzene rings is 1. The van der Waals surface area contributed by atoms with Crippen molar-refractivity contribution in [3.63, 3.8) is 0 Å². The number of methoxy groups -OCH3 is 1. The molecule has 20 heavy (non-hydrogen) atoms. The zero-order valence-corrected chi connectivity index (χ0v) is 12.2. The molecule has 0 aliphatic carbocycles. The maximum Gasteiger partial charge on any atom is 0.260 e. The first-order valence-corrected chi connectivity index (χ1v) is 6.78. The van der Waals surface area contributed by atoms with E-state index in [1.54, 1.807) is 31.4 Å². The minimum atomic E-state index is -0.0107. The molecule has 1 aromatic carbocycles. The number of nitrogens with zero attached hydrogens (tertiary/aromatic N) is 1. The van der Waals surface area contributed by atoms with Gasteiger partial charge in [-0.15, -0.1) is 0 Å². The first-order chi connectivity index (χ1) is 9.60. The molecule has 0 radical (unpaired) electrons. The summed E-state index contributed by atoms with van der Waals surface area (Å²) in [6, 6.07) is 7.28. The molecule has 0 aromatic heterocycles. The van der Waals surface area contributed by atoms with Crippen molar-refractivity contribution in [2.45, 2.75) is 26.0 Å². The highest BCUT2D eigenvalue weighted by atomic mass is 16.5. The molecule has 1 amide bonds. The first-order valence-electron chi connectivity index (χ1n) is 6.78. The van der Waals surface area contributed by atoms with Crippen molar-refractivity contribution in [2.75, 3.05) is 26.9 Å². The maximum absolute atomic E-state index is 12.2. The van der Waals surface area contributed by atoms with Crippen molar-refractivity contribution in [3.05, 3.63) is 24.3 Å². The lowest BCUT2D eigenvalue weighted by Gasteiger charge is -2.36. The van der Waals surface area contributed by atoms with Crippen LogP contribution in [0.5, 0.6) is 11.5 Å². The van der Waals surface area contributed by atoms with Crippen molar-refractivity contribution < 1.29 is 19.0 Å². The molecule has 0 saturated carbocycles. The molecular weight excluding hydrogens is 258 g/mol. The second kappa shape index (κ2) is 6.61. The molecule has 110 valence electrons. The highest BCUT2D eigenvalue weighted by Crippen LogP contribution is 2.17. The van der Waals surface area contributed by atoms with Crippen LogP contribution in [0.25, 0.3) is 0 Å². The maximum atomic E-state index is 12.2. The topological polar surface area (TPSA) is 48.0 Å². The van der Waals surface area contributed by atoms with Crippen LogP contribution in [0.2, 0.25) is 0 Å². The van der Waals surface area contributed by atoms with Gasteiger partial charge in [0.1, 0.15) is 11.5 Å². The van der Waals surface area contributed by atoms with E-state index in [9.17, 15) is 4.79 Å². The molecule has 1 heterocycles. The zero-order chi connectivity index (χ0) is 14.5. The summed E-state index contributed by atoms with van der Waals surface area (Å²) in [4.78, 5) is 14.0. The minimum Gasteiger partial charge on any atom is -0.497 e. The monoisotopic (exact) mass is 279 g/mol. The normalized spacial score (nSPS) is 22.4. The van der Waals surface area contributed by atoms with Gasteiger partial charge in [-0.1, -0.05) is 0 Å². The minimum absolute atomic E-state index is 0.0107. The third-order valence-corrected chi connectivity index (χ3v) is 3.35.